The smallest absolute Gasteiger partial charge is 0.256 e. The Labute approximate surface area is 210 Å². The van der Waals surface area contributed by atoms with Gasteiger partial charge in [-0.25, -0.2) is 0 Å². The first kappa shape index (κ1) is 23.5. The Hall–Kier alpha value is -2.70. The van der Waals surface area contributed by atoms with Crippen molar-refractivity contribution < 1.29 is 9.53 Å². The van der Waals surface area contributed by atoms with Gasteiger partial charge in [-0.05, 0) is 53.6 Å². The molecule has 9 heteroatoms. The number of aromatic nitrogens is 2. The van der Waals surface area contributed by atoms with Crippen molar-refractivity contribution in [2.75, 3.05) is 5.32 Å². The average Bonchev–Trinajstić information content (AvgIpc) is 3.22. The molecule has 0 fully saturated rings. The van der Waals surface area contributed by atoms with Crippen LogP contribution in [0.1, 0.15) is 21.5 Å². The van der Waals surface area contributed by atoms with Gasteiger partial charge in [0.1, 0.15) is 12.4 Å². The van der Waals surface area contributed by atoms with E-state index >= 15 is 0 Å². The van der Waals surface area contributed by atoms with Crippen LogP contribution in [-0.4, -0.2) is 15.7 Å². The summed E-state index contributed by atoms with van der Waals surface area (Å²) < 4.78 is 7.44. The van der Waals surface area contributed by atoms with Gasteiger partial charge in [-0.3, -0.25) is 9.48 Å². The van der Waals surface area contributed by atoms with E-state index in [2.05, 4.69) is 10.4 Å². The van der Waals surface area contributed by atoms with E-state index in [1.165, 1.54) is 0 Å². The van der Waals surface area contributed by atoms with Crippen molar-refractivity contribution in [2.45, 2.75) is 13.2 Å². The molecule has 0 aliphatic rings. The molecule has 1 aromatic heterocycles. The summed E-state index contributed by atoms with van der Waals surface area (Å²) in [6.45, 7) is 0.699. The highest BCUT2D eigenvalue weighted by atomic mass is 35.5. The van der Waals surface area contributed by atoms with Gasteiger partial charge in [-0.1, -0.05) is 64.6 Å². The molecule has 1 amide bonds. The number of rotatable bonds is 7. The second-order valence-electron chi connectivity index (χ2n) is 7.15. The van der Waals surface area contributed by atoms with E-state index in [1.54, 1.807) is 65.5 Å². The van der Waals surface area contributed by atoms with Crippen molar-refractivity contribution in [1.82, 2.24) is 9.78 Å². The Morgan fingerprint density at radius 1 is 0.909 bits per heavy atom. The van der Waals surface area contributed by atoms with E-state index in [0.717, 1.165) is 11.1 Å². The number of nitrogens with zero attached hydrogens (tertiary/aromatic N) is 2. The van der Waals surface area contributed by atoms with Gasteiger partial charge in [0.05, 0.1) is 11.6 Å². The van der Waals surface area contributed by atoms with Crippen LogP contribution < -0.4 is 10.1 Å². The van der Waals surface area contributed by atoms with Crippen molar-refractivity contribution in [1.29, 1.82) is 0 Å². The minimum absolute atomic E-state index is 0.249. The van der Waals surface area contributed by atoms with Crippen LogP contribution in [-0.2, 0) is 13.2 Å². The van der Waals surface area contributed by atoms with Crippen molar-refractivity contribution in [3.05, 3.63) is 110 Å². The number of amides is 1. The number of nitrogens with one attached hydrogen (secondary N) is 1. The summed E-state index contributed by atoms with van der Waals surface area (Å²) in [4.78, 5) is 12.7. The maximum absolute atomic E-state index is 12.7. The molecule has 168 valence electrons. The molecule has 0 aliphatic carbocycles. The zero-order valence-corrected chi connectivity index (χ0v) is 20.1. The molecule has 33 heavy (non-hydrogen) atoms. The fourth-order valence-electron chi connectivity index (χ4n) is 3.09. The largest absolute Gasteiger partial charge is 0.487 e. The summed E-state index contributed by atoms with van der Waals surface area (Å²) in [6, 6.07) is 19.2. The predicted octanol–water partition coefficient (Wildman–Crippen LogP) is 7.38. The number of hydrogen-bond donors (Lipinski definition) is 1. The topological polar surface area (TPSA) is 56.2 Å². The van der Waals surface area contributed by atoms with E-state index in [9.17, 15) is 4.79 Å². The molecule has 4 aromatic rings. The highest BCUT2D eigenvalue weighted by Gasteiger charge is 2.11. The summed E-state index contributed by atoms with van der Waals surface area (Å²) in [5.41, 5.74) is 2.17. The first-order chi connectivity index (χ1) is 15.9. The lowest BCUT2D eigenvalue weighted by Crippen LogP contribution is -2.13. The van der Waals surface area contributed by atoms with Crippen molar-refractivity contribution in [2.24, 2.45) is 0 Å². The molecule has 0 saturated carbocycles. The minimum Gasteiger partial charge on any atom is -0.487 e. The van der Waals surface area contributed by atoms with Crippen LogP contribution in [0.4, 0.5) is 5.82 Å². The molecule has 0 unspecified atom stereocenters. The number of carbonyl (C=O) groups excluding carboxylic acids is 1. The highest BCUT2D eigenvalue weighted by Crippen LogP contribution is 2.28. The average molecular weight is 521 g/mol. The molecular formula is C24H17Cl4N3O2. The maximum Gasteiger partial charge on any atom is 0.256 e. The van der Waals surface area contributed by atoms with Crippen molar-refractivity contribution in [3.63, 3.8) is 0 Å². The SMILES string of the molecule is O=C(Nc1ccn(Cc2ccc(Cl)cc2Cl)n1)c1cccc(COc2ccc(Cl)cc2Cl)c1. The molecule has 1 heterocycles. The van der Waals surface area contributed by atoms with E-state index in [1.807, 2.05) is 12.1 Å². The Bertz CT molecular complexity index is 1310. The van der Waals surface area contributed by atoms with Gasteiger partial charge in [0.15, 0.2) is 5.82 Å². The van der Waals surface area contributed by atoms with Gasteiger partial charge < -0.3 is 10.1 Å². The number of halogens is 4. The molecule has 0 spiro atoms. The third-order valence-corrected chi connectivity index (χ3v) is 5.82. The number of ether oxygens (including phenoxy) is 1. The van der Waals surface area contributed by atoms with E-state index in [0.29, 0.717) is 43.8 Å². The van der Waals surface area contributed by atoms with Crippen LogP contribution in [0.25, 0.3) is 0 Å². The molecule has 0 bridgehead atoms. The van der Waals surface area contributed by atoms with E-state index in [-0.39, 0.29) is 12.5 Å². The zero-order valence-electron chi connectivity index (χ0n) is 17.1. The van der Waals surface area contributed by atoms with E-state index in [4.69, 9.17) is 51.1 Å². The van der Waals surface area contributed by atoms with Crippen LogP contribution >= 0.6 is 46.4 Å². The van der Waals surface area contributed by atoms with Gasteiger partial charge in [0.25, 0.3) is 5.91 Å². The third-order valence-electron chi connectivity index (χ3n) is 4.71. The van der Waals surface area contributed by atoms with Gasteiger partial charge in [-0.2, -0.15) is 5.10 Å². The lowest BCUT2D eigenvalue weighted by atomic mass is 10.1. The zero-order chi connectivity index (χ0) is 23.4. The van der Waals surface area contributed by atoms with Crippen LogP contribution in [0.2, 0.25) is 20.1 Å². The molecule has 1 N–H and O–H groups in total. The Balaban J connectivity index is 1.38. The molecule has 4 rings (SSSR count). The molecule has 0 radical (unpaired) electrons. The summed E-state index contributed by atoms with van der Waals surface area (Å²) >= 11 is 24.2. The fourth-order valence-corrected chi connectivity index (χ4v) is 4.02. The molecular weight excluding hydrogens is 504 g/mol. The van der Waals surface area contributed by atoms with Crippen LogP contribution in [0.5, 0.6) is 5.75 Å². The number of benzene rings is 3. The normalized spacial score (nSPS) is 10.8. The molecule has 3 aromatic carbocycles. The first-order valence-corrected chi connectivity index (χ1v) is 11.3. The molecule has 0 atom stereocenters. The summed E-state index contributed by atoms with van der Waals surface area (Å²) in [5.74, 6) is 0.665. The van der Waals surface area contributed by atoms with Gasteiger partial charge in [-0.15, -0.1) is 0 Å². The fraction of sp³-hybridized carbons (Fsp3) is 0.0833. The monoisotopic (exact) mass is 519 g/mol. The summed E-state index contributed by atoms with van der Waals surface area (Å²) in [5, 5.41) is 9.28. The summed E-state index contributed by atoms with van der Waals surface area (Å²) in [6.07, 6.45) is 1.76. The number of hydrogen-bond acceptors (Lipinski definition) is 3. The van der Waals surface area contributed by atoms with Crippen molar-refractivity contribution in [3.8, 4) is 5.75 Å². The molecule has 0 saturated heterocycles. The standard InChI is InChI=1S/C24H17Cl4N3O2/c25-18-5-4-17(20(27)11-18)13-31-9-8-23(30-31)29-24(32)16-3-1-2-15(10-16)14-33-22-7-6-19(26)12-21(22)28/h1-12H,13-14H2,(H,29,30,32). The van der Waals surface area contributed by atoms with Gasteiger partial charge in [0, 0.05) is 32.9 Å². The van der Waals surface area contributed by atoms with E-state index < -0.39 is 0 Å². The third kappa shape index (κ3) is 6.21. The number of carbonyl (C=O) groups is 1. The lowest BCUT2D eigenvalue weighted by Gasteiger charge is -2.09. The second-order valence-corrected chi connectivity index (χ2v) is 8.84. The molecule has 5 nitrogen and oxygen atoms in total. The summed E-state index contributed by atoms with van der Waals surface area (Å²) in [7, 11) is 0. The quantitative estimate of drug-likeness (QED) is 0.276. The van der Waals surface area contributed by atoms with Gasteiger partial charge in [0.2, 0.25) is 0 Å². The van der Waals surface area contributed by atoms with Crippen molar-refractivity contribution >= 4 is 58.1 Å². The Morgan fingerprint density at radius 2 is 1.67 bits per heavy atom. The maximum atomic E-state index is 12.7. The van der Waals surface area contributed by atoms with Crippen LogP contribution in [0.3, 0.4) is 0 Å². The first-order valence-electron chi connectivity index (χ1n) is 9.83. The van der Waals surface area contributed by atoms with Crippen LogP contribution in [0.15, 0.2) is 72.9 Å². The lowest BCUT2D eigenvalue weighted by molar-refractivity contribution is 0.102. The molecule has 0 aliphatic heterocycles. The van der Waals surface area contributed by atoms with Crippen LogP contribution in [0, 0.1) is 0 Å². The predicted molar refractivity (Wildman–Crippen MR) is 133 cm³/mol. The highest BCUT2D eigenvalue weighted by molar-refractivity contribution is 6.35. The number of anilines is 1. The van der Waals surface area contributed by atoms with Gasteiger partial charge >= 0.3 is 0 Å². The second kappa shape index (κ2) is 10.5. The Kier molecular flexibility index (Phi) is 7.46. The Morgan fingerprint density at radius 3 is 2.42 bits per heavy atom. The minimum atomic E-state index is -0.281.